The third-order valence-corrected chi connectivity index (χ3v) is 3.04. The van der Waals surface area contributed by atoms with Crippen LogP contribution in [0.25, 0.3) is 0 Å². The van der Waals surface area contributed by atoms with E-state index < -0.39 is 0 Å². The summed E-state index contributed by atoms with van der Waals surface area (Å²) in [5.74, 6) is 0. The molecule has 0 bridgehead atoms. The summed E-state index contributed by atoms with van der Waals surface area (Å²) in [5.41, 5.74) is 7.16. The van der Waals surface area contributed by atoms with Crippen LogP contribution >= 0.6 is 11.3 Å². The molecule has 13 heavy (non-hydrogen) atoms. The molecule has 0 aliphatic carbocycles. The molecule has 1 aromatic rings. The van der Waals surface area contributed by atoms with Gasteiger partial charge in [-0.2, -0.15) is 0 Å². The number of rotatable bonds is 4. The predicted octanol–water partition coefficient (Wildman–Crippen LogP) is 2.43. The van der Waals surface area contributed by atoms with E-state index in [2.05, 4.69) is 18.8 Å². The Hall–Kier alpha value is -0.410. The van der Waals surface area contributed by atoms with E-state index in [1.54, 1.807) is 11.3 Å². The van der Waals surface area contributed by atoms with Crippen LogP contribution in [0.15, 0.2) is 0 Å². The van der Waals surface area contributed by atoms with Gasteiger partial charge in [-0.25, -0.2) is 4.98 Å². The molecule has 1 aromatic heterocycles. The second-order valence-corrected chi connectivity index (χ2v) is 4.90. The van der Waals surface area contributed by atoms with Crippen molar-refractivity contribution in [3.8, 4) is 0 Å². The fourth-order valence-electron chi connectivity index (χ4n) is 1.48. The molecule has 0 amide bonds. The summed E-state index contributed by atoms with van der Waals surface area (Å²) in [6.45, 7) is 6.34. The third-order valence-electron chi connectivity index (χ3n) is 2.11. The summed E-state index contributed by atoms with van der Waals surface area (Å²) >= 11 is 1.76. The molecule has 0 spiro atoms. The first-order valence-corrected chi connectivity index (χ1v) is 5.63. The first kappa shape index (κ1) is 10.7. The van der Waals surface area contributed by atoms with E-state index in [9.17, 15) is 0 Å². The van der Waals surface area contributed by atoms with Crippen molar-refractivity contribution in [2.45, 2.75) is 46.1 Å². The monoisotopic (exact) mass is 198 g/mol. The average molecular weight is 198 g/mol. The smallest absolute Gasteiger partial charge is 0.0900 e. The minimum absolute atomic E-state index is 0.283. The largest absolute Gasteiger partial charge is 0.327 e. The molecule has 1 heterocycles. The first-order chi connectivity index (χ1) is 6.13. The van der Waals surface area contributed by atoms with Crippen LogP contribution in [0.4, 0.5) is 0 Å². The zero-order chi connectivity index (χ0) is 9.84. The number of hydrogen-bond acceptors (Lipinski definition) is 3. The van der Waals surface area contributed by atoms with Crippen molar-refractivity contribution in [1.82, 2.24) is 4.98 Å². The van der Waals surface area contributed by atoms with Crippen molar-refractivity contribution < 1.29 is 0 Å². The molecule has 3 heteroatoms. The number of thiazole rings is 1. The van der Waals surface area contributed by atoms with E-state index in [4.69, 9.17) is 5.73 Å². The summed E-state index contributed by atoms with van der Waals surface area (Å²) < 4.78 is 0. The highest BCUT2D eigenvalue weighted by Gasteiger charge is 2.09. The van der Waals surface area contributed by atoms with E-state index in [1.807, 2.05) is 6.92 Å². The van der Waals surface area contributed by atoms with Crippen molar-refractivity contribution in [1.29, 1.82) is 0 Å². The molecule has 0 aromatic carbocycles. The maximum Gasteiger partial charge on any atom is 0.0900 e. The summed E-state index contributed by atoms with van der Waals surface area (Å²) in [7, 11) is 0. The van der Waals surface area contributed by atoms with Gasteiger partial charge in [0.25, 0.3) is 0 Å². The fourth-order valence-corrected chi connectivity index (χ4v) is 2.33. The number of nitrogens with two attached hydrogens (primary N) is 1. The second-order valence-electron chi connectivity index (χ2n) is 3.49. The number of aromatic nitrogens is 1. The SMILES string of the molecule is CCCC(N)Cc1nc(C)sc1C. The van der Waals surface area contributed by atoms with Crippen LogP contribution in [0, 0.1) is 13.8 Å². The van der Waals surface area contributed by atoms with Crippen LogP contribution in [-0.4, -0.2) is 11.0 Å². The van der Waals surface area contributed by atoms with Crippen molar-refractivity contribution >= 4 is 11.3 Å². The van der Waals surface area contributed by atoms with Crippen molar-refractivity contribution in [3.63, 3.8) is 0 Å². The van der Waals surface area contributed by atoms with Gasteiger partial charge in [0.1, 0.15) is 0 Å². The van der Waals surface area contributed by atoms with Crippen LogP contribution in [0.2, 0.25) is 0 Å². The van der Waals surface area contributed by atoms with E-state index in [0.717, 1.165) is 24.3 Å². The highest BCUT2D eigenvalue weighted by atomic mass is 32.1. The maximum atomic E-state index is 5.96. The Bertz CT molecular complexity index is 268. The Morgan fingerprint density at radius 3 is 2.62 bits per heavy atom. The number of nitrogens with zero attached hydrogens (tertiary/aromatic N) is 1. The minimum Gasteiger partial charge on any atom is -0.327 e. The summed E-state index contributed by atoms with van der Waals surface area (Å²) in [6.07, 6.45) is 3.18. The zero-order valence-electron chi connectivity index (χ0n) is 8.63. The lowest BCUT2D eigenvalue weighted by molar-refractivity contribution is 0.593. The topological polar surface area (TPSA) is 38.9 Å². The lowest BCUT2D eigenvalue weighted by Crippen LogP contribution is -2.22. The van der Waals surface area contributed by atoms with Gasteiger partial charge in [0.05, 0.1) is 10.7 Å². The van der Waals surface area contributed by atoms with Crippen LogP contribution in [-0.2, 0) is 6.42 Å². The van der Waals surface area contributed by atoms with Crippen LogP contribution in [0.3, 0.4) is 0 Å². The molecular formula is C10H18N2S. The van der Waals surface area contributed by atoms with Crippen molar-refractivity contribution in [2.24, 2.45) is 5.73 Å². The first-order valence-electron chi connectivity index (χ1n) is 4.82. The second kappa shape index (κ2) is 4.72. The molecule has 1 atom stereocenters. The molecule has 0 fully saturated rings. The fraction of sp³-hybridized carbons (Fsp3) is 0.700. The minimum atomic E-state index is 0.283. The molecule has 0 saturated carbocycles. The van der Waals surface area contributed by atoms with Gasteiger partial charge >= 0.3 is 0 Å². The maximum absolute atomic E-state index is 5.96. The Kier molecular flexibility index (Phi) is 3.88. The van der Waals surface area contributed by atoms with Crippen molar-refractivity contribution in [3.05, 3.63) is 15.6 Å². The summed E-state index contributed by atoms with van der Waals surface area (Å²) in [6, 6.07) is 0.283. The van der Waals surface area contributed by atoms with E-state index in [-0.39, 0.29) is 6.04 Å². The van der Waals surface area contributed by atoms with Crippen LogP contribution in [0.1, 0.15) is 35.3 Å². The number of hydrogen-bond donors (Lipinski definition) is 1. The molecule has 2 nitrogen and oxygen atoms in total. The van der Waals surface area contributed by atoms with E-state index >= 15 is 0 Å². The lowest BCUT2D eigenvalue weighted by Gasteiger charge is -2.08. The average Bonchev–Trinajstić information content (AvgIpc) is 2.30. The van der Waals surface area contributed by atoms with E-state index in [0.29, 0.717) is 0 Å². The van der Waals surface area contributed by atoms with Crippen LogP contribution < -0.4 is 5.73 Å². The van der Waals surface area contributed by atoms with E-state index in [1.165, 1.54) is 10.6 Å². The van der Waals surface area contributed by atoms with Gasteiger partial charge in [-0.1, -0.05) is 13.3 Å². The van der Waals surface area contributed by atoms with Gasteiger partial charge in [-0.05, 0) is 20.3 Å². The Morgan fingerprint density at radius 1 is 1.46 bits per heavy atom. The Labute approximate surface area is 84.2 Å². The number of aryl methyl sites for hydroxylation is 2. The van der Waals surface area contributed by atoms with Crippen LogP contribution in [0.5, 0.6) is 0 Å². The molecule has 0 aliphatic heterocycles. The molecule has 2 N–H and O–H groups in total. The Balaban J connectivity index is 2.57. The molecule has 0 aliphatic rings. The quantitative estimate of drug-likeness (QED) is 0.807. The van der Waals surface area contributed by atoms with Crippen molar-refractivity contribution in [2.75, 3.05) is 0 Å². The molecule has 1 unspecified atom stereocenters. The lowest BCUT2D eigenvalue weighted by atomic mass is 10.1. The molecule has 74 valence electrons. The van der Waals surface area contributed by atoms with Gasteiger partial charge in [-0.15, -0.1) is 11.3 Å². The molecule has 0 radical (unpaired) electrons. The normalized spacial score (nSPS) is 13.2. The zero-order valence-corrected chi connectivity index (χ0v) is 9.45. The Morgan fingerprint density at radius 2 is 2.15 bits per heavy atom. The van der Waals surface area contributed by atoms with Gasteiger partial charge < -0.3 is 5.73 Å². The van der Waals surface area contributed by atoms with Gasteiger partial charge in [0.15, 0.2) is 0 Å². The standard InChI is InChI=1S/C10H18N2S/c1-4-5-9(11)6-10-7(2)13-8(3)12-10/h9H,4-6,11H2,1-3H3. The molecule has 0 saturated heterocycles. The molecule has 1 rings (SSSR count). The summed E-state index contributed by atoms with van der Waals surface area (Å²) in [5, 5.41) is 1.15. The highest BCUT2D eigenvalue weighted by Crippen LogP contribution is 2.18. The van der Waals surface area contributed by atoms with Gasteiger partial charge in [-0.3, -0.25) is 0 Å². The van der Waals surface area contributed by atoms with Gasteiger partial charge in [0.2, 0.25) is 0 Å². The molecular weight excluding hydrogens is 180 g/mol. The summed E-state index contributed by atoms with van der Waals surface area (Å²) in [4.78, 5) is 5.79. The predicted molar refractivity (Wildman–Crippen MR) is 58.2 cm³/mol. The highest BCUT2D eigenvalue weighted by molar-refractivity contribution is 7.11. The van der Waals surface area contributed by atoms with Gasteiger partial charge in [0, 0.05) is 17.3 Å². The third kappa shape index (κ3) is 3.08.